The minimum atomic E-state index is -0.135. The molecule has 0 aliphatic carbocycles. The minimum Gasteiger partial charge on any atom is -0.340 e. The van der Waals surface area contributed by atoms with Crippen molar-refractivity contribution in [3.05, 3.63) is 22.6 Å². The minimum absolute atomic E-state index is 0.135. The molecule has 0 bridgehead atoms. The van der Waals surface area contributed by atoms with Crippen LogP contribution >= 0.6 is 0 Å². The Hall–Kier alpha value is -2.18. The quantitative estimate of drug-likeness (QED) is 0.697. The lowest BCUT2D eigenvalue weighted by Gasteiger charge is -2.05. The van der Waals surface area contributed by atoms with E-state index >= 15 is 0 Å². The van der Waals surface area contributed by atoms with Gasteiger partial charge >= 0.3 is 5.69 Å². The van der Waals surface area contributed by atoms with Crippen LogP contribution in [0.4, 0.5) is 0 Å². The molecule has 0 saturated carbocycles. The summed E-state index contributed by atoms with van der Waals surface area (Å²) in [6, 6.07) is 0. The van der Waals surface area contributed by atoms with E-state index in [4.69, 9.17) is 0 Å². The highest BCUT2D eigenvalue weighted by molar-refractivity contribution is 5.84. The lowest BCUT2D eigenvalue weighted by atomic mass is 10.4. The molecule has 0 fully saturated rings. The van der Waals surface area contributed by atoms with E-state index in [0.29, 0.717) is 23.7 Å². The number of nitrogens with zero attached hydrogens (tertiary/aromatic N) is 5. The van der Waals surface area contributed by atoms with E-state index in [1.54, 1.807) is 17.8 Å². The van der Waals surface area contributed by atoms with Gasteiger partial charge in [-0.1, -0.05) is 6.92 Å². The van der Waals surface area contributed by atoms with Crippen LogP contribution in [-0.2, 0) is 6.54 Å². The summed E-state index contributed by atoms with van der Waals surface area (Å²) in [4.78, 5) is 19.5. The molecule has 0 saturated heterocycles. The van der Waals surface area contributed by atoms with Crippen LogP contribution in [0.2, 0.25) is 0 Å². The molecule has 0 radical (unpaired) electrons. The average molecular weight is 232 g/mol. The molecule has 1 N–H and O–H groups in total. The van der Waals surface area contributed by atoms with Crippen LogP contribution in [0.3, 0.4) is 0 Å². The first kappa shape index (κ1) is 10.0. The zero-order valence-electron chi connectivity index (χ0n) is 9.64. The maximum absolute atomic E-state index is 12.3. The van der Waals surface area contributed by atoms with E-state index in [9.17, 15) is 4.79 Å². The summed E-state index contributed by atoms with van der Waals surface area (Å²) in [5, 5.41) is 7.95. The Morgan fingerprint density at radius 1 is 1.35 bits per heavy atom. The second kappa shape index (κ2) is 3.41. The normalized spacial score (nSPS) is 11.6. The smallest absolute Gasteiger partial charge is 0.337 e. The first-order valence-electron chi connectivity index (χ1n) is 5.51. The van der Waals surface area contributed by atoms with Gasteiger partial charge in [-0.05, 0) is 13.3 Å². The van der Waals surface area contributed by atoms with Crippen molar-refractivity contribution in [2.24, 2.45) is 0 Å². The fourth-order valence-electron chi connectivity index (χ4n) is 2.05. The number of rotatable bonds is 2. The zero-order chi connectivity index (χ0) is 12.0. The first-order chi connectivity index (χ1) is 8.24. The van der Waals surface area contributed by atoms with Crippen molar-refractivity contribution in [1.29, 1.82) is 0 Å². The molecule has 0 atom stereocenters. The van der Waals surface area contributed by atoms with E-state index in [2.05, 4.69) is 20.2 Å². The van der Waals surface area contributed by atoms with Crippen LogP contribution in [0.1, 0.15) is 19.2 Å². The molecule has 3 aromatic heterocycles. The van der Waals surface area contributed by atoms with Gasteiger partial charge in [0.2, 0.25) is 0 Å². The molecule has 0 aliphatic heterocycles. The van der Waals surface area contributed by atoms with Gasteiger partial charge in [0, 0.05) is 6.54 Å². The van der Waals surface area contributed by atoms with Crippen molar-refractivity contribution in [2.75, 3.05) is 0 Å². The number of aromatic amines is 1. The fraction of sp³-hybridized carbons (Fsp3) is 0.400. The summed E-state index contributed by atoms with van der Waals surface area (Å²) in [5.74, 6) is 0.589. The maximum Gasteiger partial charge on any atom is 0.337 e. The largest absolute Gasteiger partial charge is 0.340 e. The topological polar surface area (TPSA) is 80.9 Å². The van der Waals surface area contributed by atoms with Gasteiger partial charge in [0.15, 0.2) is 11.3 Å². The molecular formula is C10H12N6O. The first-order valence-corrected chi connectivity index (χ1v) is 5.51. The number of aromatic nitrogens is 6. The average Bonchev–Trinajstić information content (AvgIpc) is 2.90. The summed E-state index contributed by atoms with van der Waals surface area (Å²) in [6.45, 7) is 4.42. The van der Waals surface area contributed by atoms with Crippen molar-refractivity contribution in [3.63, 3.8) is 0 Å². The van der Waals surface area contributed by atoms with E-state index in [0.717, 1.165) is 11.9 Å². The van der Waals surface area contributed by atoms with Crippen LogP contribution in [0.5, 0.6) is 0 Å². The Labute approximate surface area is 96.1 Å². The Morgan fingerprint density at radius 3 is 2.94 bits per heavy atom. The molecular weight excluding hydrogens is 220 g/mol. The molecule has 7 heteroatoms. The molecule has 0 amide bonds. The molecule has 3 rings (SSSR count). The molecule has 7 nitrogen and oxygen atoms in total. The standard InChI is InChI=1S/C10H12N6O/c1-3-4-15-8-7(11-5-12-8)9-14-13-6(2)16(9)10(15)17/h5H,3-4H2,1-2H3,(H,11,12). The molecule has 88 valence electrons. The summed E-state index contributed by atoms with van der Waals surface area (Å²) in [5.41, 5.74) is 1.78. The van der Waals surface area contributed by atoms with Crippen LogP contribution in [0.25, 0.3) is 16.8 Å². The third kappa shape index (κ3) is 1.22. The Bertz CT molecular complexity index is 749. The van der Waals surface area contributed by atoms with Gasteiger partial charge in [0.1, 0.15) is 11.3 Å². The summed E-state index contributed by atoms with van der Waals surface area (Å²) >= 11 is 0. The lowest BCUT2D eigenvalue weighted by molar-refractivity contribution is 0.644. The third-order valence-electron chi connectivity index (χ3n) is 2.79. The summed E-state index contributed by atoms with van der Waals surface area (Å²) < 4.78 is 3.16. The number of H-pyrrole nitrogens is 1. The van der Waals surface area contributed by atoms with E-state index in [1.165, 1.54) is 4.40 Å². The lowest BCUT2D eigenvalue weighted by Crippen LogP contribution is -2.27. The Balaban J connectivity index is 2.58. The van der Waals surface area contributed by atoms with Gasteiger partial charge < -0.3 is 4.98 Å². The van der Waals surface area contributed by atoms with Gasteiger partial charge in [-0.15, -0.1) is 10.2 Å². The molecule has 0 aliphatic rings. The highest BCUT2D eigenvalue weighted by Gasteiger charge is 2.15. The Kier molecular flexibility index (Phi) is 2.01. The molecule has 0 spiro atoms. The number of fused-ring (bicyclic) bond motifs is 3. The van der Waals surface area contributed by atoms with Crippen LogP contribution in [0.15, 0.2) is 11.1 Å². The molecule has 3 aromatic rings. The van der Waals surface area contributed by atoms with Gasteiger partial charge in [0.05, 0.1) is 6.33 Å². The number of hydrogen-bond acceptors (Lipinski definition) is 4. The number of nitrogens with one attached hydrogen (secondary N) is 1. The molecule has 17 heavy (non-hydrogen) atoms. The molecule has 0 unspecified atom stereocenters. The van der Waals surface area contributed by atoms with Crippen LogP contribution < -0.4 is 5.69 Å². The molecule has 0 aromatic carbocycles. The van der Waals surface area contributed by atoms with E-state index in [1.807, 2.05) is 6.92 Å². The van der Waals surface area contributed by atoms with E-state index in [-0.39, 0.29) is 5.69 Å². The number of imidazole rings is 1. The summed E-state index contributed by atoms with van der Waals surface area (Å²) in [6.07, 6.45) is 2.44. The van der Waals surface area contributed by atoms with Gasteiger partial charge in [-0.25, -0.2) is 14.2 Å². The van der Waals surface area contributed by atoms with Crippen LogP contribution in [-0.4, -0.2) is 29.1 Å². The summed E-state index contributed by atoms with van der Waals surface area (Å²) in [7, 11) is 0. The van der Waals surface area contributed by atoms with Crippen molar-refractivity contribution in [2.45, 2.75) is 26.8 Å². The van der Waals surface area contributed by atoms with Gasteiger partial charge in [-0.3, -0.25) is 4.57 Å². The third-order valence-corrected chi connectivity index (χ3v) is 2.79. The van der Waals surface area contributed by atoms with Crippen LogP contribution in [0, 0.1) is 6.92 Å². The SMILES string of the molecule is CCCn1c(=O)n2c(C)nnc2c2[nH]cnc21. The van der Waals surface area contributed by atoms with E-state index < -0.39 is 0 Å². The second-order valence-corrected chi connectivity index (χ2v) is 3.94. The highest BCUT2D eigenvalue weighted by atomic mass is 16.1. The predicted molar refractivity (Wildman–Crippen MR) is 61.9 cm³/mol. The molecule has 3 heterocycles. The number of aryl methyl sites for hydroxylation is 2. The van der Waals surface area contributed by atoms with Gasteiger partial charge in [0.25, 0.3) is 0 Å². The van der Waals surface area contributed by atoms with Gasteiger partial charge in [-0.2, -0.15) is 0 Å². The zero-order valence-corrected chi connectivity index (χ0v) is 9.64. The fourth-order valence-corrected chi connectivity index (χ4v) is 2.05. The highest BCUT2D eigenvalue weighted by Crippen LogP contribution is 2.13. The second-order valence-electron chi connectivity index (χ2n) is 3.94. The predicted octanol–water partition coefficient (Wildman–Crippen LogP) is 0.486. The Morgan fingerprint density at radius 2 is 2.18 bits per heavy atom. The monoisotopic (exact) mass is 232 g/mol. The number of hydrogen-bond donors (Lipinski definition) is 1. The van der Waals surface area contributed by atoms with Crippen molar-refractivity contribution in [3.8, 4) is 0 Å². The van der Waals surface area contributed by atoms with Crippen molar-refractivity contribution in [1.82, 2.24) is 29.1 Å². The van der Waals surface area contributed by atoms with Crippen molar-refractivity contribution >= 4 is 16.8 Å². The van der Waals surface area contributed by atoms with Crippen molar-refractivity contribution < 1.29 is 0 Å². The maximum atomic E-state index is 12.3.